The molecule has 142 valence electrons. The molecule has 1 aromatic heterocycles. The van der Waals surface area contributed by atoms with E-state index in [1.54, 1.807) is 18.2 Å². The number of pyridine rings is 1. The molecule has 1 aromatic carbocycles. The van der Waals surface area contributed by atoms with Crippen molar-refractivity contribution in [2.45, 2.75) is 44.9 Å². The summed E-state index contributed by atoms with van der Waals surface area (Å²) in [6, 6.07) is 5.80. The van der Waals surface area contributed by atoms with Crippen LogP contribution in [-0.4, -0.2) is 13.9 Å². The monoisotopic (exact) mass is 399 g/mol. The predicted molar refractivity (Wildman–Crippen MR) is 104 cm³/mol. The molecule has 1 heterocycles. The summed E-state index contributed by atoms with van der Waals surface area (Å²) in [7, 11) is -1.35. The van der Waals surface area contributed by atoms with E-state index in [1.807, 2.05) is 27.7 Å². The van der Waals surface area contributed by atoms with Gasteiger partial charge in [-0.1, -0.05) is 24.6 Å². The van der Waals surface area contributed by atoms with Gasteiger partial charge in [0.25, 0.3) is 0 Å². The Hall–Kier alpha value is -1.70. The van der Waals surface area contributed by atoms with Gasteiger partial charge in [-0.3, -0.25) is 0 Å². The Bertz CT molecular complexity index is 794. The summed E-state index contributed by atoms with van der Waals surface area (Å²) in [6.07, 6.45) is 1.95. The van der Waals surface area contributed by atoms with E-state index < -0.39 is 27.6 Å². The van der Waals surface area contributed by atoms with Gasteiger partial charge >= 0.3 is 0 Å². The van der Waals surface area contributed by atoms with Gasteiger partial charge in [0.15, 0.2) is 11.6 Å². The molecule has 0 aliphatic rings. The van der Waals surface area contributed by atoms with Crippen molar-refractivity contribution in [2.75, 3.05) is 5.73 Å². The minimum atomic E-state index is -1.35. The molecule has 0 aliphatic heterocycles. The average Bonchev–Trinajstić information content (AvgIpc) is 2.57. The Morgan fingerprint density at radius 3 is 2.58 bits per heavy atom. The Morgan fingerprint density at radius 1 is 1.35 bits per heavy atom. The van der Waals surface area contributed by atoms with E-state index in [4.69, 9.17) is 22.1 Å². The van der Waals surface area contributed by atoms with Gasteiger partial charge in [0.05, 0.1) is 32.6 Å². The van der Waals surface area contributed by atoms with Crippen LogP contribution in [0.25, 0.3) is 0 Å². The van der Waals surface area contributed by atoms with Crippen molar-refractivity contribution in [2.24, 2.45) is 0 Å². The maximum Gasteiger partial charge on any atom is 0.219 e. The van der Waals surface area contributed by atoms with Gasteiger partial charge in [0.2, 0.25) is 5.88 Å². The number of hydrogen-bond acceptors (Lipinski definition) is 4. The highest BCUT2D eigenvalue weighted by atomic mass is 35.5. The Balaban J connectivity index is 2.35. The zero-order chi connectivity index (χ0) is 19.5. The lowest BCUT2D eigenvalue weighted by atomic mass is 10.0. The highest BCUT2D eigenvalue weighted by Crippen LogP contribution is 2.36. The summed E-state index contributed by atoms with van der Waals surface area (Å²) in [6.45, 7) is 7.43. The number of aromatic nitrogens is 1. The molecule has 8 heteroatoms. The number of anilines is 1. The van der Waals surface area contributed by atoms with Crippen LogP contribution in [0.15, 0.2) is 30.5 Å². The van der Waals surface area contributed by atoms with Gasteiger partial charge in [-0.2, -0.15) is 0 Å². The van der Waals surface area contributed by atoms with Crippen molar-refractivity contribution < 1.29 is 13.3 Å². The highest BCUT2D eigenvalue weighted by molar-refractivity contribution is 7.84. The second-order valence-electron chi connectivity index (χ2n) is 6.77. The van der Waals surface area contributed by atoms with E-state index in [0.717, 1.165) is 0 Å². The third-order valence-corrected chi connectivity index (χ3v) is 5.54. The number of hydrogen-bond donors (Lipinski definition) is 2. The Morgan fingerprint density at radius 2 is 2.04 bits per heavy atom. The van der Waals surface area contributed by atoms with Crippen LogP contribution < -0.4 is 15.2 Å². The smallest absolute Gasteiger partial charge is 0.219 e. The molecule has 0 saturated carbocycles. The van der Waals surface area contributed by atoms with Crippen LogP contribution in [0.4, 0.5) is 10.1 Å². The zero-order valence-corrected chi connectivity index (χ0v) is 16.7. The van der Waals surface area contributed by atoms with Crippen LogP contribution in [0.1, 0.15) is 45.7 Å². The third kappa shape index (κ3) is 4.93. The first kappa shape index (κ1) is 20.6. The summed E-state index contributed by atoms with van der Waals surface area (Å²) >= 11 is 6.11. The van der Waals surface area contributed by atoms with Crippen LogP contribution in [0, 0.1) is 5.82 Å². The van der Waals surface area contributed by atoms with Crippen LogP contribution in [0.3, 0.4) is 0 Å². The molecular formula is C18H23ClFN3O2S. The maximum atomic E-state index is 15.1. The van der Waals surface area contributed by atoms with Gasteiger partial charge in [-0.05, 0) is 39.3 Å². The summed E-state index contributed by atoms with van der Waals surface area (Å²) in [5.74, 6) is -0.555. The lowest BCUT2D eigenvalue weighted by Gasteiger charge is -2.24. The molecule has 0 aliphatic carbocycles. The Kier molecular flexibility index (Phi) is 6.60. The van der Waals surface area contributed by atoms with Crippen molar-refractivity contribution in [1.82, 2.24) is 9.71 Å². The molecule has 0 unspecified atom stereocenters. The molecule has 2 aromatic rings. The predicted octanol–water partition coefficient (Wildman–Crippen LogP) is 4.75. The van der Waals surface area contributed by atoms with Gasteiger partial charge in [0, 0.05) is 17.7 Å². The van der Waals surface area contributed by atoms with E-state index in [0.29, 0.717) is 17.7 Å². The molecule has 0 saturated heterocycles. The third-order valence-electron chi connectivity index (χ3n) is 3.63. The zero-order valence-electron chi connectivity index (χ0n) is 15.2. The standard InChI is InChI=1S/C18H23ClFN3O2S/c1-5-14(23-26(24)18(2,3)4)12-7-8-13(19)17(16(12)20)25-15-9-6-11(21)10-22-15/h6-10,14,23H,5,21H2,1-4H3/t14-,26-/m1/s1. The van der Waals surface area contributed by atoms with E-state index in [9.17, 15) is 4.21 Å². The second-order valence-corrected chi connectivity index (χ2v) is 9.18. The second kappa shape index (κ2) is 8.33. The molecule has 26 heavy (non-hydrogen) atoms. The number of halogens is 2. The fourth-order valence-electron chi connectivity index (χ4n) is 2.14. The number of benzene rings is 1. The maximum absolute atomic E-state index is 15.1. The summed E-state index contributed by atoms with van der Waals surface area (Å²) in [5.41, 5.74) is 6.39. The first-order valence-electron chi connectivity index (χ1n) is 8.18. The molecule has 0 amide bonds. The fraction of sp³-hybridized carbons (Fsp3) is 0.389. The first-order valence-corrected chi connectivity index (χ1v) is 9.71. The van der Waals surface area contributed by atoms with Crippen molar-refractivity contribution in [1.29, 1.82) is 0 Å². The van der Waals surface area contributed by atoms with E-state index >= 15 is 4.39 Å². The van der Waals surface area contributed by atoms with Crippen molar-refractivity contribution in [3.8, 4) is 11.6 Å². The summed E-state index contributed by atoms with van der Waals surface area (Å²) < 4.78 is 35.5. The van der Waals surface area contributed by atoms with Crippen molar-refractivity contribution in [3.05, 3.63) is 46.9 Å². The SMILES string of the molecule is CC[C@@H](N[S@](=O)C(C)(C)C)c1ccc(Cl)c(Oc2ccc(N)cn2)c1F. The van der Waals surface area contributed by atoms with Crippen LogP contribution in [0.5, 0.6) is 11.6 Å². The van der Waals surface area contributed by atoms with E-state index in [2.05, 4.69) is 9.71 Å². The molecule has 0 spiro atoms. The molecule has 0 fully saturated rings. The van der Waals surface area contributed by atoms with Crippen LogP contribution in [-0.2, 0) is 11.0 Å². The normalized spacial score (nSPS) is 14.1. The molecule has 2 atom stereocenters. The number of ether oxygens (including phenoxy) is 1. The van der Waals surface area contributed by atoms with E-state index in [-0.39, 0.29) is 16.7 Å². The molecule has 5 nitrogen and oxygen atoms in total. The van der Waals surface area contributed by atoms with Gasteiger partial charge in [-0.25, -0.2) is 18.3 Å². The van der Waals surface area contributed by atoms with Gasteiger partial charge in [0.1, 0.15) is 0 Å². The molecule has 3 N–H and O–H groups in total. The average molecular weight is 400 g/mol. The highest BCUT2D eigenvalue weighted by Gasteiger charge is 2.26. The number of rotatable bonds is 6. The number of nitrogens with one attached hydrogen (secondary N) is 1. The quantitative estimate of drug-likeness (QED) is 0.734. The first-order chi connectivity index (χ1) is 12.1. The van der Waals surface area contributed by atoms with Crippen LogP contribution >= 0.6 is 11.6 Å². The minimum Gasteiger partial charge on any atom is -0.434 e. The minimum absolute atomic E-state index is 0.122. The number of nitrogen functional groups attached to an aromatic ring is 1. The van der Waals surface area contributed by atoms with Gasteiger partial charge < -0.3 is 10.5 Å². The topological polar surface area (TPSA) is 77.2 Å². The number of nitrogens with two attached hydrogens (primary N) is 1. The lowest BCUT2D eigenvalue weighted by Crippen LogP contribution is -2.35. The summed E-state index contributed by atoms with van der Waals surface area (Å²) in [5, 5.41) is 0.122. The van der Waals surface area contributed by atoms with Crippen molar-refractivity contribution in [3.63, 3.8) is 0 Å². The summed E-state index contributed by atoms with van der Waals surface area (Å²) in [4.78, 5) is 3.99. The van der Waals surface area contributed by atoms with E-state index in [1.165, 1.54) is 12.3 Å². The lowest BCUT2D eigenvalue weighted by molar-refractivity contribution is 0.419. The van der Waals surface area contributed by atoms with Crippen molar-refractivity contribution >= 4 is 28.3 Å². The largest absolute Gasteiger partial charge is 0.434 e. The molecule has 0 bridgehead atoms. The molecule has 0 radical (unpaired) electrons. The molecule has 2 rings (SSSR count). The molecular weight excluding hydrogens is 377 g/mol. The van der Waals surface area contributed by atoms with Gasteiger partial charge in [-0.15, -0.1) is 0 Å². The fourth-order valence-corrected chi connectivity index (χ4v) is 3.23. The van der Waals surface area contributed by atoms with Crippen LogP contribution in [0.2, 0.25) is 5.02 Å². The Labute approximate surface area is 160 Å². The number of nitrogens with zero attached hydrogens (tertiary/aromatic N) is 1.